The Bertz CT molecular complexity index is 769. The molecule has 0 aliphatic carbocycles. The second-order valence-corrected chi connectivity index (χ2v) is 5.16. The highest BCUT2D eigenvalue weighted by Crippen LogP contribution is 2.66. The van der Waals surface area contributed by atoms with Crippen LogP contribution in [0.3, 0.4) is 0 Å². The second kappa shape index (κ2) is 3.51. The van der Waals surface area contributed by atoms with Crippen molar-refractivity contribution in [3.8, 4) is 11.5 Å². The van der Waals surface area contributed by atoms with Crippen LogP contribution >= 0.6 is 0 Å². The Morgan fingerprint density at radius 2 is 1.67 bits per heavy atom. The summed E-state index contributed by atoms with van der Waals surface area (Å²) in [5.41, 5.74) is -2.80. The van der Waals surface area contributed by atoms with Gasteiger partial charge in [0.15, 0.2) is 0 Å². The number of rotatable bonds is 0. The highest BCUT2D eigenvalue weighted by atomic mass is 19.4. The predicted molar refractivity (Wildman–Crippen MR) is 66.0 cm³/mol. The maximum absolute atomic E-state index is 13.8. The third-order valence-corrected chi connectivity index (χ3v) is 4.13. The lowest BCUT2D eigenvalue weighted by Gasteiger charge is -2.31. The van der Waals surface area contributed by atoms with Crippen molar-refractivity contribution in [1.82, 2.24) is 0 Å². The standard InChI is InChI=1S/C15H9F3O3/c16-15(17,18)14-8-4-2-1-3-7(8)13(21-14)11-9(19)5-6-10(20)12(11)14/h1-6,13,19-20H. The van der Waals surface area contributed by atoms with Crippen molar-refractivity contribution in [2.24, 2.45) is 0 Å². The number of hydrogen-bond acceptors (Lipinski definition) is 3. The van der Waals surface area contributed by atoms with E-state index in [9.17, 15) is 23.4 Å². The summed E-state index contributed by atoms with van der Waals surface area (Å²) in [5, 5.41) is 19.9. The lowest BCUT2D eigenvalue weighted by atomic mass is 9.76. The summed E-state index contributed by atoms with van der Waals surface area (Å²) in [6.07, 6.45) is -5.78. The molecule has 0 spiro atoms. The maximum Gasteiger partial charge on any atom is 0.426 e. The molecule has 0 fully saturated rings. The van der Waals surface area contributed by atoms with Crippen molar-refractivity contribution >= 4 is 0 Å². The molecule has 0 saturated heterocycles. The number of halogens is 3. The molecule has 0 radical (unpaired) electrons. The molecule has 2 atom stereocenters. The number of fused-ring (bicyclic) bond motifs is 8. The first-order valence-corrected chi connectivity index (χ1v) is 6.27. The molecule has 2 aliphatic heterocycles. The van der Waals surface area contributed by atoms with Gasteiger partial charge in [0.05, 0.1) is 0 Å². The highest BCUT2D eigenvalue weighted by molar-refractivity contribution is 5.66. The van der Waals surface area contributed by atoms with Crippen molar-refractivity contribution in [3.05, 3.63) is 58.7 Å². The summed E-state index contributed by atoms with van der Waals surface area (Å²) in [6, 6.07) is 8.22. The van der Waals surface area contributed by atoms with Gasteiger partial charge in [-0.2, -0.15) is 13.2 Å². The van der Waals surface area contributed by atoms with Crippen LogP contribution in [-0.4, -0.2) is 16.4 Å². The second-order valence-electron chi connectivity index (χ2n) is 5.16. The number of phenols is 2. The zero-order valence-corrected chi connectivity index (χ0v) is 10.5. The molecule has 4 rings (SSSR count). The van der Waals surface area contributed by atoms with Crippen molar-refractivity contribution in [2.75, 3.05) is 0 Å². The summed E-state index contributed by atoms with van der Waals surface area (Å²) < 4.78 is 46.7. The Hall–Kier alpha value is -2.21. The van der Waals surface area contributed by atoms with Gasteiger partial charge in [-0.1, -0.05) is 24.3 Å². The van der Waals surface area contributed by atoms with Gasteiger partial charge >= 0.3 is 6.18 Å². The molecule has 108 valence electrons. The van der Waals surface area contributed by atoms with Crippen molar-refractivity contribution in [1.29, 1.82) is 0 Å². The monoisotopic (exact) mass is 294 g/mol. The molecule has 2 aliphatic rings. The van der Waals surface area contributed by atoms with Crippen LogP contribution < -0.4 is 0 Å². The quantitative estimate of drug-likeness (QED) is 0.733. The molecule has 0 aromatic heterocycles. The summed E-state index contributed by atoms with van der Waals surface area (Å²) in [6.45, 7) is 0. The van der Waals surface area contributed by atoms with Gasteiger partial charge in [-0.05, 0) is 17.7 Å². The minimum Gasteiger partial charge on any atom is -0.508 e. The van der Waals surface area contributed by atoms with Crippen molar-refractivity contribution in [2.45, 2.75) is 17.9 Å². The average molecular weight is 294 g/mol. The van der Waals surface area contributed by atoms with Crippen molar-refractivity contribution in [3.63, 3.8) is 0 Å². The van der Waals surface area contributed by atoms with Crippen LogP contribution in [0.4, 0.5) is 13.2 Å². The van der Waals surface area contributed by atoms with Gasteiger partial charge in [0.1, 0.15) is 17.6 Å². The predicted octanol–water partition coefficient (Wildman–Crippen LogP) is 3.34. The SMILES string of the molecule is Oc1ccc(O)c2c1C1OC2(C(F)(F)F)c2ccccc21. The lowest BCUT2D eigenvalue weighted by Crippen LogP contribution is -2.42. The summed E-state index contributed by atoms with van der Waals surface area (Å²) in [4.78, 5) is 0. The van der Waals surface area contributed by atoms with E-state index in [-0.39, 0.29) is 16.9 Å². The fraction of sp³-hybridized carbons (Fsp3) is 0.200. The Labute approximate surface area is 117 Å². The van der Waals surface area contributed by atoms with Crippen LogP contribution in [0.25, 0.3) is 0 Å². The summed E-state index contributed by atoms with van der Waals surface area (Å²) in [7, 11) is 0. The molecule has 2 aromatic carbocycles. The first-order chi connectivity index (χ1) is 9.88. The van der Waals surface area contributed by atoms with E-state index in [0.717, 1.165) is 6.07 Å². The third-order valence-electron chi connectivity index (χ3n) is 4.13. The van der Waals surface area contributed by atoms with Crippen molar-refractivity contribution < 1.29 is 28.1 Å². The lowest BCUT2D eigenvalue weighted by molar-refractivity contribution is -0.258. The topological polar surface area (TPSA) is 49.7 Å². The van der Waals surface area contributed by atoms with Gasteiger partial charge in [-0.25, -0.2) is 0 Å². The van der Waals surface area contributed by atoms with Crippen LogP contribution in [-0.2, 0) is 10.3 Å². The van der Waals surface area contributed by atoms with Crippen LogP contribution in [0, 0.1) is 0 Å². The molecule has 0 amide bonds. The minimum absolute atomic E-state index is 0.00831. The maximum atomic E-state index is 13.8. The van der Waals surface area contributed by atoms with Gasteiger partial charge in [0.25, 0.3) is 0 Å². The van der Waals surface area contributed by atoms with E-state index in [0.29, 0.717) is 5.56 Å². The van der Waals surface area contributed by atoms with Gasteiger partial charge in [-0.15, -0.1) is 0 Å². The van der Waals surface area contributed by atoms with E-state index in [1.807, 2.05) is 0 Å². The van der Waals surface area contributed by atoms with Gasteiger partial charge in [0, 0.05) is 16.7 Å². The van der Waals surface area contributed by atoms with Crippen LogP contribution in [0.1, 0.15) is 28.4 Å². The molecule has 6 heteroatoms. The number of benzene rings is 2. The third kappa shape index (κ3) is 1.24. The van der Waals surface area contributed by atoms with Crippen LogP contribution in [0.15, 0.2) is 36.4 Å². The largest absolute Gasteiger partial charge is 0.508 e. The first kappa shape index (κ1) is 12.5. The molecular formula is C15H9F3O3. The van der Waals surface area contributed by atoms with E-state index in [1.165, 1.54) is 18.2 Å². The summed E-state index contributed by atoms with van der Waals surface area (Å²) >= 11 is 0. The molecule has 0 saturated carbocycles. The number of phenolic OH excluding ortho intramolecular Hbond substituents is 2. The fourth-order valence-electron chi connectivity index (χ4n) is 3.35. The molecular weight excluding hydrogens is 285 g/mol. The van der Waals surface area contributed by atoms with Crippen LogP contribution in [0.2, 0.25) is 0 Å². The molecule has 2 unspecified atom stereocenters. The van der Waals surface area contributed by atoms with E-state index < -0.39 is 29.2 Å². The smallest absolute Gasteiger partial charge is 0.426 e. The number of aromatic hydroxyl groups is 2. The number of alkyl halides is 3. The van der Waals surface area contributed by atoms with E-state index >= 15 is 0 Å². The van der Waals surface area contributed by atoms with Gasteiger partial charge in [0.2, 0.25) is 5.60 Å². The van der Waals surface area contributed by atoms with Gasteiger partial charge in [-0.3, -0.25) is 0 Å². The molecule has 2 N–H and O–H groups in total. The fourth-order valence-corrected chi connectivity index (χ4v) is 3.35. The Morgan fingerprint density at radius 1 is 1.00 bits per heavy atom. The highest BCUT2D eigenvalue weighted by Gasteiger charge is 2.70. The summed E-state index contributed by atoms with van der Waals surface area (Å²) in [5.74, 6) is -0.842. The number of hydrogen-bond donors (Lipinski definition) is 2. The zero-order chi connectivity index (χ0) is 15.0. The Morgan fingerprint density at radius 3 is 2.38 bits per heavy atom. The normalized spacial score (nSPS) is 25.8. The molecule has 2 bridgehead atoms. The van der Waals surface area contributed by atoms with E-state index in [1.54, 1.807) is 12.1 Å². The number of ether oxygens (including phenoxy) is 1. The molecule has 21 heavy (non-hydrogen) atoms. The van der Waals surface area contributed by atoms with Crippen LogP contribution in [0.5, 0.6) is 11.5 Å². The Kier molecular flexibility index (Phi) is 2.09. The Balaban J connectivity index is 2.16. The first-order valence-electron chi connectivity index (χ1n) is 6.27. The van der Waals surface area contributed by atoms with E-state index in [2.05, 4.69) is 0 Å². The minimum atomic E-state index is -4.76. The zero-order valence-electron chi connectivity index (χ0n) is 10.5. The average Bonchev–Trinajstić information content (AvgIpc) is 2.97. The molecule has 2 aromatic rings. The van der Waals surface area contributed by atoms with Gasteiger partial charge < -0.3 is 14.9 Å². The van der Waals surface area contributed by atoms with E-state index in [4.69, 9.17) is 4.74 Å². The molecule has 3 nitrogen and oxygen atoms in total. The molecule has 2 heterocycles.